The van der Waals surface area contributed by atoms with Crippen LogP contribution in [0, 0.1) is 0 Å². The second kappa shape index (κ2) is 6.66. The number of hydrogen-bond acceptors (Lipinski definition) is 4. The first-order valence-electron chi connectivity index (χ1n) is 7.73. The van der Waals surface area contributed by atoms with E-state index in [9.17, 15) is 9.59 Å². The molecule has 0 aliphatic heterocycles. The Bertz CT molecular complexity index is 898. The number of carbonyl (C=O) groups is 2. The van der Waals surface area contributed by atoms with Crippen molar-refractivity contribution in [3.63, 3.8) is 0 Å². The van der Waals surface area contributed by atoms with Gasteiger partial charge in [-0.3, -0.25) is 9.59 Å². The quantitative estimate of drug-likeness (QED) is 0.722. The van der Waals surface area contributed by atoms with Crippen LogP contribution >= 0.6 is 0 Å². The summed E-state index contributed by atoms with van der Waals surface area (Å²) in [5.41, 5.74) is 2.35. The summed E-state index contributed by atoms with van der Waals surface area (Å²) in [5.74, 6) is 0.493. The van der Waals surface area contributed by atoms with Gasteiger partial charge in [0.25, 0.3) is 0 Å². The first-order valence-corrected chi connectivity index (χ1v) is 7.73. The Morgan fingerprint density at radius 1 is 1.08 bits per heavy atom. The van der Waals surface area contributed by atoms with Gasteiger partial charge in [-0.05, 0) is 30.7 Å². The van der Waals surface area contributed by atoms with Gasteiger partial charge in [-0.2, -0.15) is 5.10 Å². The molecule has 0 bridgehead atoms. The van der Waals surface area contributed by atoms with Crippen LogP contribution in [0.4, 0.5) is 0 Å². The molecule has 0 fully saturated rings. The van der Waals surface area contributed by atoms with Gasteiger partial charge < -0.3 is 4.74 Å². The number of nitrogens with zero attached hydrogens (tertiary/aromatic N) is 2. The number of ether oxygens (including phenoxy) is 1. The smallest absolute Gasteiger partial charge is 0.244 e. The predicted molar refractivity (Wildman–Crippen MR) is 91.2 cm³/mol. The molecule has 1 aromatic heterocycles. The molecular weight excluding hydrogens is 304 g/mol. The van der Waals surface area contributed by atoms with Gasteiger partial charge in [0.1, 0.15) is 18.1 Å². The van der Waals surface area contributed by atoms with Gasteiger partial charge in [-0.15, -0.1) is 0 Å². The number of carbonyl (C=O) groups excluding carboxylic acids is 2. The first kappa shape index (κ1) is 15.9. The van der Waals surface area contributed by atoms with Crippen LogP contribution in [0.25, 0.3) is 10.9 Å². The molecule has 3 aromatic rings. The second-order valence-corrected chi connectivity index (χ2v) is 5.71. The monoisotopic (exact) mass is 322 g/mol. The zero-order valence-electron chi connectivity index (χ0n) is 13.7. The SMILES string of the molecule is CC(=O)Cc1nn(C(C)=O)c2ccc(OCc3ccccc3)cc12. The van der Waals surface area contributed by atoms with Crippen LogP contribution in [0.15, 0.2) is 48.5 Å². The van der Waals surface area contributed by atoms with Gasteiger partial charge in [0.15, 0.2) is 0 Å². The number of benzene rings is 2. The summed E-state index contributed by atoms with van der Waals surface area (Å²) in [6.07, 6.45) is 0.193. The van der Waals surface area contributed by atoms with Gasteiger partial charge in [0, 0.05) is 12.3 Å². The van der Waals surface area contributed by atoms with Gasteiger partial charge >= 0.3 is 0 Å². The maximum atomic E-state index is 11.7. The molecule has 0 aliphatic rings. The minimum Gasteiger partial charge on any atom is -0.489 e. The molecule has 1 heterocycles. The lowest BCUT2D eigenvalue weighted by molar-refractivity contribution is -0.116. The molecule has 0 aliphatic carbocycles. The normalized spacial score (nSPS) is 10.8. The van der Waals surface area contributed by atoms with Crippen LogP contribution in [0.5, 0.6) is 5.75 Å². The van der Waals surface area contributed by atoms with Gasteiger partial charge in [-0.25, -0.2) is 4.68 Å². The zero-order chi connectivity index (χ0) is 17.1. The lowest BCUT2D eigenvalue weighted by atomic mass is 10.1. The molecule has 5 nitrogen and oxygen atoms in total. The maximum absolute atomic E-state index is 11.7. The number of Topliss-reactive ketones (excluding diaryl/α,β-unsaturated/α-hetero) is 1. The van der Waals surface area contributed by atoms with Crippen molar-refractivity contribution in [2.45, 2.75) is 26.9 Å². The Balaban J connectivity index is 1.93. The van der Waals surface area contributed by atoms with E-state index in [0.717, 1.165) is 10.9 Å². The summed E-state index contributed by atoms with van der Waals surface area (Å²) in [5, 5.41) is 5.05. The van der Waals surface area contributed by atoms with E-state index in [1.165, 1.54) is 18.5 Å². The third-order valence-corrected chi connectivity index (χ3v) is 3.69. The first-order chi connectivity index (χ1) is 11.5. The summed E-state index contributed by atoms with van der Waals surface area (Å²) in [7, 11) is 0. The molecule has 0 N–H and O–H groups in total. The van der Waals surface area contributed by atoms with Crippen LogP contribution < -0.4 is 4.74 Å². The fourth-order valence-electron chi connectivity index (χ4n) is 2.60. The van der Waals surface area contributed by atoms with Crippen molar-refractivity contribution >= 4 is 22.6 Å². The third kappa shape index (κ3) is 3.35. The van der Waals surface area contributed by atoms with Crippen molar-refractivity contribution < 1.29 is 14.3 Å². The fraction of sp³-hybridized carbons (Fsp3) is 0.211. The molecule has 122 valence electrons. The highest BCUT2D eigenvalue weighted by Crippen LogP contribution is 2.25. The highest BCUT2D eigenvalue weighted by atomic mass is 16.5. The van der Waals surface area contributed by atoms with Crippen LogP contribution in [0.1, 0.15) is 29.9 Å². The molecule has 24 heavy (non-hydrogen) atoms. The molecule has 0 amide bonds. The van der Waals surface area contributed by atoms with Crippen molar-refractivity contribution in [3.05, 3.63) is 59.8 Å². The maximum Gasteiger partial charge on any atom is 0.244 e. The number of rotatable bonds is 5. The highest BCUT2D eigenvalue weighted by Gasteiger charge is 2.15. The Morgan fingerprint density at radius 3 is 2.50 bits per heavy atom. The highest BCUT2D eigenvalue weighted by molar-refractivity contribution is 5.94. The van der Waals surface area contributed by atoms with Crippen LogP contribution in [0.3, 0.4) is 0 Å². The van der Waals surface area contributed by atoms with E-state index in [2.05, 4.69) is 5.10 Å². The average molecular weight is 322 g/mol. The predicted octanol–water partition coefficient (Wildman–Crippen LogP) is 3.41. The zero-order valence-corrected chi connectivity index (χ0v) is 13.7. The van der Waals surface area contributed by atoms with Crippen molar-refractivity contribution in [2.75, 3.05) is 0 Å². The number of aromatic nitrogens is 2. The van der Waals surface area contributed by atoms with Crippen molar-refractivity contribution in [2.24, 2.45) is 0 Å². The van der Waals surface area contributed by atoms with Crippen LogP contribution in [-0.4, -0.2) is 21.5 Å². The summed E-state index contributed by atoms with van der Waals surface area (Å²) in [4.78, 5) is 23.2. The van der Waals surface area contributed by atoms with Crippen LogP contribution in [0.2, 0.25) is 0 Å². The Kier molecular flexibility index (Phi) is 4.42. The number of hydrogen-bond donors (Lipinski definition) is 0. The van der Waals surface area contributed by atoms with E-state index in [4.69, 9.17) is 4.74 Å². The number of ketones is 1. The minimum absolute atomic E-state index is 0.000657. The lowest BCUT2D eigenvalue weighted by Crippen LogP contribution is -2.08. The molecule has 0 unspecified atom stereocenters. The topological polar surface area (TPSA) is 61.2 Å². The van der Waals surface area contributed by atoms with E-state index < -0.39 is 0 Å². The lowest BCUT2D eigenvalue weighted by Gasteiger charge is -2.07. The summed E-state index contributed by atoms with van der Waals surface area (Å²) < 4.78 is 7.15. The molecule has 3 rings (SSSR count). The molecule has 0 spiro atoms. The Labute approximate surface area is 139 Å². The van der Waals surface area contributed by atoms with E-state index in [0.29, 0.717) is 23.6 Å². The Morgan fingerprint density at radius 2 is 1.83 bits per heavy atom. The Hall–Kier alpha value is -2.95. The summed E-state index contributed by atoms with van der Waals surface area (Å²) in [6, 6.07) is 15.3. The van der Waals surface area contributed by atoms with Crippen molar-refractivity contribution in [1.29, 1.82) is 0 Å². The van der Waals surface area contributed by atoms with E-state index in [-0.39, 0.29) is 18.1 Å². The molecule has 5 heteroatoms. The molecule has 0 saturated carbocycles. The van der Waals surface area contributed by atoms with Crippen LogP contribution in [-0.2, 0) is 17.8 Å². The van der Waals surface area contributed by atoms with Gasteiger partial charge in [0.2, 0.25) is 5.91 Å². The largest absolute Gasteiger partial charge is 0.489 e. The van der Waals surface area contributed by atoms with E-state index >= 15 is 0 Å². The minimum atomic E-state index is -0.187. The standard InChI is InChI=1S/C19H18N2O3/c1-13(22)10-18-17-11-16(24-12-15-6-4-3-5-7-15)8-9-19(17)21(20-18)14(2)23/h3-9,11H,10,12H2,1-2H3. The summed E-state index contributed by atoms with van der Waals surface area (Å²) >= 11 is 0. The fourth-order valence-corrected chi connectivity index (χ4v) is 2.60. The second-order valence-electron chi connectivity index (χ2n) is 5.71. The molecule has 2 aromatic carbocycles. The van der Waals surface area contributed by atoms with Crippen molar-refractivity contribution in [3.8, 4) is 5.75 Å². The number of fused-ring (bicyclic) bond motifs is 1. The van der Waals surface area contributed by atoms with Gasteiger partial charge in [-0.1, -0.05) is 30.3 Å². The third-order valence-electron chi connectivity index (χ3n) is 3.69. The molecule has 0 saturated heterocycles. The molecule has 0 radical (unpaired) electrons. The van der Waals surface area contributed by atoms with E-state index in [1.807, 2.05) is 42.5 Å². The average Bonchev–Trinajstić information content (AvgIpc) is 2.91. The van der Waals surface area contributed by atoms with E-state index in [1.54, 1.807) is 6.07 Å². The molecule has 0 atom stereocenters. The molecular formula is C19H18N2O3. The summed E-state index contributed by atoms with van der Waals surface area (Å²) in [6.45, 7) is 3.41. The van der Waals surface area contributed by atoms with Crippen molar-refractivity contribution in [1.82, 2.24) is 9.78 Å². The van der Waals surface area contributed by atoms with Gasteiger partial charge in [0.05, 0.1) is 17.6 Å².